The number of rotatable bonds is 5. The molecule has 0 unspecified atom stereocenters. The predicted octanol–water partition coefficient (Wildman–Crippen LogP) is 3.94. The third-order valence-corrected chi connectivity index (χ3v) is 4.13. The van der Waals surface area contributed by atoms with Gasteiger partial charge in [0.1, 0.15) is 19.0 Å². The van der Waals surface area contributed by atoms with Crippen LogP contribution in [-0.4, -0.2) is 25.2 Å². The Morgan fingerprint density at radius 2 is 2.04 bits per heavy atom. The van der Waals surface area contributed by atoms with Crippen molar-refractivity contribution in [2.75, 3.05) is 13.2 Å². The summed E-state index contributed by atoms with van der Waals surface area (Å²) in [5, 5.41) is 2.93. The number of carbonyl (C=O) groups is 1. The van der Waals surface area contributed by atoms with E-state index in [1.54, 1.807) is 12.1 Å². The number of halogens is 1. The first-order valence-corrected chi connectivity index (χ1v) is 8.96. The van der Waals surface area contributed by atoms with Gasteiger partial charge in [-0.25, -0.2) is 0 Å². The van der Waals surface area contributed by atoms with E-state index < -0.39 is 0 Å². The van der Waals surface area contributed by atoms with Gasteiger partial charge in [-0.15, -0.1) is 0 Å². The summed E-state index contributed by atoms with van der Waals surface area (Å²) in [6.45, 7) is 5.25. The molecule has 0 aromatic heterocycles. The molecule has 0 saturated carbocycles. The van der Waals surface area contributed by atoms with Crippen molar-refractivity contribution in [3.63, 3.8) is 0 Å². The van der Waals surface area contributed by atoms with Crippen LogP contribution in [0.4, 0.5) is 0 Å². The first-order valence-electron chi connectivity index (χ1n) is 8.16. The molecule has 1 amide bonds. The Morgan fingerprint density at radius 1 is 1.24 bits per heavy atom. The zero-order valence-electron chi connectivity index (χ0n) is 14.2. The summed E-state index contributed by atoms with van der Waals surface area (Å²) in [6, 6.07) is 11.0. The number of nitrogens with one attached hydrogen (secondary N) is 1. The number of fused-ring (bicyclic) bond motifs is 1. The molecule has 0 radical (unpaired) electrons. The largest absolute Gasteiger partial charge is 0.490 e. The maximum Gasteiger partial charge on any atom is 0.255 e. The van der Waals surface area contributed by atoms with Crippen molar-refractivity contribution in [2.24, 2.45) is 0 Å². The molecule has 132 valence electrons. The van der Waals surface area contributed by atoms with E-state index in [1.165, 1.54) is 0 Å². The van der Waals surface area contributed by atoms with Crippen LogP contribution in [0.2, 0.25) is 0 Å². The van der Waals surface area contributed by atoms with Gasteiger partial charge in [0.2, 0.25) is 0 Å². The van der Waals surface area contributed by atoms with Crippen molar-refractivity contribution in [3.05, 3.63) is 52.0 Å². The molecule has 0 spiro atoms. The van der Waals surface area contributed by atoms with Gasteiger partial charge < -0.3 is 19.5 Å². The zero-order valence-corrected chi connectivity index (χ0v) is 15.8. The van der Waals surface area contributed by atoms with Crippen LogP contribution >= 0.6 is 15.9 Å². The van der Waals surface area contributed by atoms with Crippen molar-refractivity contribution in [3.8, 4) is 17.2 Å². The second-order valence-corrected chi connectivity index (χ2v) is 6.85. The van der Waals surface area contributed by atoms with E-state index in [-0.39, 0.29) is 12.0 Å². The number of amides is 1. The maximum atomic E-state index is 12.6. The van der Waals surface area contributed by atoms with E-state index in [9.17, 15) is 4.79 Å². The van der Waals surface area contributed by atoms with Gasteiger partial charge in [0, 0.05) is 16.6 Å². The molecular formula is C19H20BrNO4. The SMILES string of the molecule is CC(C)Oc1cc(Br)ccc1C(=O)NCc1cccc2c1OCCO2. The number of benzene rings is 2. The predicted molar refractivity (Wildman–Crippen MR) is 98.5 cm³/mol. The minimum absolute atomic E-state index is 0.0208. The van der Waals surface area contributed by atoms with E-state index >= 15 is 0 Å². The molecule has 0 atom stereocenters. The van der Waals surface area contributed by atoms with Crippen molar-refractivity contribution in [1.29, 1.82) is 0 Å². The van der Waals surface area contributed by atoms with Crippen LogP contribution in [0.1, 0.15) is 29.8 Å². The lowest BCUT2D eigenvalue weighted by molar-refractivity contribution is 0.0944. The van der Waals surface area contributed by atoms with Crippen molar-refractivity contribution < 1.29 is 19.0 Å². The number of para-hydroxylation sites is 1. The molecule has 0 saturated heterocycles. The zero-order chi connectivity index (χ0) is 17.8. The monoisotopic (exact) mass is 405 g/mol. The van der Waals surface area contributed by atoms with Gasteiger partial charge in [0.15, 0.2) is 11.5 Å². The van der Waals surface area contributed by atoms with Crippen LogP contribution in [0, 0.1) is 0 Å². The van der Waals surface area contributed by atoms with Crippen LogP contribution in [0.3, 0.4) is 0 Å². The number of hydrogen-bond donors (Lipinski definition) is 1. The van der Waals surface area contributed by atoms with Crippen molar-refractivity contribution in [2.45, 2.75) is 26.5 Å². The summed E-state index contributed by atoms with van der Waals surface area (Å²) >= 11 is 3.41. The summed E-state index contributed by atoms with van der Waals surface area (Å²) in [4.78, 5) is 12.6. The molecule has 0 aliphatic carbocycles. The van der Waals surface area contributed by atoms with Crippen LogP contribution in [0.25, 0.3) is 0 Å². The van der Waals surface area contributed by atoms with Crippen molar-refractivity contribution in [1.82, 2.24) is 5.32 Å². The van der Waals surface area contributed by atoms with Gasteiger partial charge in [0.25, 0.3) is 5.91 Å². The lowest BCUT2D eigenvalue weighted by atomic mass is 10.1. The van der Waals surface area contributed by atoms with Gasteiger partial charge >= 0.3 is 0 Å². The van der Waals surface area contributed by atoms with Crippen LogP contribution < -0.4 is 19.5 Å². The smallest absolute Gasteiger partial charge is 0.255 e. The fourth-order valence-corrected chi connectivity index (χ4v) is 2.92. The Labute approximate surface area is 155 Å². The molecule has 5 nitrogen and oxygen atoms in total. The van der Waals surface area contributed by atoms with Crippen molar-refractivity contribution >= 4 is 21.8 Å². The molecule has 3 rings (SSSR count). The van der Waals surface area contributed by atoms with E-state index in [1.807, 2.05) is 38.1 Å². The van der Waals surface area contributed by atoms with E-state index in [4.69, 9.17) is 14.2 Å². The van der Waals surface area contributed by atoms with Gasteiger partial charge in [0.05, 0.1) is 11.7 Å². The van der Waals surface area contributed by atoms with Gasteiger partial charge in [-0.2, -0.15) is 0 Å². The molecular weight excluding hydrogens is 386 g/mol. The lowest BCUT2D eigenvalue weighted by Gasteiger charge is -2.21. The lowest BCUT2D eigenvalue weighted by Crippen LogP contribution is -2.25. The fourth-order valence-electron chi connectivity index (χ4n) is 2.58. The Morgan fingerprint density at radius 3 is 2.84 bits per heavy atom. The van der Waals surface area contributed by atoms with E-state index in [2.05, 4.69) is 21.2 Å². The molecule has 25 heavy (non-hydrogen) atoms. The van der Waals surface area contributed by atoms with Crippen LogP contribution in [-0.2, 0) is 6.54 Å². The number of carbonyl (C=O) groups excluding carboxylic acids is 1. The summed E-state index contributed by atoms with van der Waals surface area (Å²) in [5.74, 6) is 1.77. The first-order chi connectivity index (χ1) is 12.0. The standard InChI is InChI=1S/C19H20BrNO4/c1-12(2)25-17-10-14(20)6-7-15(17)19(22)21-11-13-4-3-5-16-18(13)24-9-8-23-16/h3-7,10,12H,8-9,11H2,1-2H3,(H,21,22). The van der Waals surface area contributed by atoms with Crippen LogP contribution in [0.15, 0.2) is 40.9 Å². The van der Waals surface area contributed by atoms with Crippen LogP contribution in [0.5, 0.6) is 17.2 Å². The molecule has 6 heteroatoms. The highest BCUT2D eigenvalue weighted by atomic mass is 79.9. The first kappa shape index (κ1) is 17.6. The average Bonchev–Trinajstić information content (AvgIpc) is 2.59. The normalized spacial score (nSPS) is 12.8. The molecule has 2 aromatic carbocycles. The highest BCUT2D eigenvalue weighted by molar-refractivity contribution is 9.10. The van der Waals surface area contributed by atoms with Gasteiger partial charge in [-0.05, 0) is 38.1 Å². The van der Waals surface area contributed by atoms with E-state index in [0.29, 0.717) is 42.6 Å². The highest BCUT2D eigenvalue weighted by Crippen LogP contribution is 2.33. The summed E-state index contributed by atoms with van der Waals surface area (Å²) < 4.78 is 17.9. The summed E-state index contributed by atoms with van der Waals surface area (Å²) in [7, 11) is 0. The molecule has 1 N–H and O–H groups in total. The highest BCUT2D eigenvalue weighted by Gasteiger charge is 2.18. The molecule has 0 bridgehead atoms. The Balaban J connectivity index is 1.75. The molecule has 1 aliphatic heterocycles. The number of hydrogen-bond acceptors (Lipinski definition) is 4. The third-order valence-electron chi connectivity index (χ3n) is 3.64. The fraction of sp³-hybridized carbons (Fsp3) is 0.316. The Hall–Kier alpha value is -2.21. The molecule has 0 fully saturated rings. The van der Waals surface area contributed by atoms with Gasteiger partial charge in [-0.3, -0.25) is 4.79 Å². The second kappa shape index (κ2) is 7.78. The molecule has 1 heterocycles. The van der Waals surface area contributed by atoms with Gasteiger partial charge in [-0.1, -0.05) is 28.1 Å². The average molecular weight is 406 g/mol. The number of ether oxygens (including phenoxy) is 3. The quantitative estimate of drug-likeness (QED) is 0.818. The summed E-state index contributed by atoms with van der Waals surface area (Å²) in [5.41, 5.74) is 1.38. The molecule has 2 aromatic rings. The second-order valence-electron chi connectivity index (χ2n) is 5.93. The minimum Gasteiger partial charge on any atom is -0.490 e. The minimum atomic E-state index is -0.197. The third kappa shape index (κ3) is 4.25. The maximum absolute atomic E-state index is 12.6. The Kier molecular flexibility index (Phi) is 5.48. The topological polar surface area (TPSA) is 56.8 Å². The Bertz CT molecular complexity index is 776. The molecule has 1 aliphatic rings. The van der Waals surface area contributed by atoms with E-state index in [0.717, 1.165) is 10.0 Å². The summed E-state index contributed by atoms with van der Waals surface area (Å²) in [6.07, 6.45) is -0.0208.